The van der Waals surface area contributed by atoms with Gasteiger partial charge >= 0.3 is 0 Å². The van der Waals surface area contributed by atoms with E-state index in [0.717, 1.165) is 0 Å². The fourth-order valence-electron chi connectivity index (χ4n) is 2.57. The average Bonchev–Trinajstić information content (AvgIpc) is 3.06. The van der Waals surface area contributed by atoms with E-state index in [2.05, 4.69) is 9.71 Å². The molecular formula is C19H19ClN2O5S. The molecule has 0 radical (unpaired) electrons. The van der Waals surface area contributed by atoms with Gasteiger partial charge in [-0.05, 0) is 37.3 Å². The molecule has 0 saturated heterocycles. The second-order valence-corrected chi connectivity index (χ2v) is 8.08. The van der Waals surface area contributed by atoms with Crippen molar-refractivity contribution in [1.29, 1.82) is 0 Å². The van der Waals surface area contributed by atoms with Gasteiger partial charge in [0, 0.05) is 16.7 Å². The zero-order valence-electron chi connectivity index (χ0n) is 15.5. The van der Waals surface area contributed by atoms with Crippen molar-refractivity contribution in [2.24, 2.45) is 0 Å². The lowest BCUT2D eigenvalue weighted by molar-refractivity contribution is 0.354. The number of methoxy groups -OCH3 is 2. The van der Waals surface area contributed by atoms with Gasteiger partial charge in [-0.2, -0.15) is 0 Å². The number of sulfonamides is 1. The van der Waals surface area contributed by atoms with E-state index < -0.39 is 10.0 Å². The molecule has 28 heavy (non-hydrogen) atoms. The third kappa shape index (κ3) is 4.30. The Hall–Kier alpha value is -2.55. The molecule has 9 heteroatoms. The van der Waals surface area contributed by atoms with E-state index in [1.165, 1.54) is 32.4 Å². The highest BCUT2D eigenvalue weighted by Gasteiger charge is 2.19. The topological polar surface area (TPSA) is 90.7 Å². The summed E-state index contributed by atoms with van der Waals surface area (Å²) in [5.41, 5.74) is 1.20. The molecule has 0 saturated carbocycles. The summed E-state index contributed by atoms with van der Waals surface area (Å²) >= 11 is 6.00. The van der Waals surface area contributed by atoms with Crippen LogP contribution in [0.2, 0.25) is 5.02 Å². The summed E-state index contributed by atoms with van der Waals surface area (Å²) in [5.74, 6) is 1.66. The van der Waals surface area contributed by atoms with Gasteiger partial charge < -0.3 is 13.9 Å². The zero-order chi connectivity index (χ0) is 20.3. The van der Waals surface area contributed by atoms with Crippen molar-refractivity contribution in [3.63, 3.8) is 0 Å². The smallest absolute Gasteiger partial charge is 0.241 e. The van der Waals surface area contributed by atoms with E-state index >= 15 is 0 Å². The third-order valence-corrected chi connectivity index (χ3v) is 5.69. The molecule has 0 aliphatic heterocycles. The highest BCUT2D eigenvalue weighted by molar-refractivity contribution is 7.89. The second-order valence-electron chi connectivity index (χ2n) is 5.87. The van der Waals surface area contributed by atoms with E-state index in [9.17, 15) is 8.42 Å². The molecule has 2 aromatic carbocycles. The van der Waals surface area contributed by atoms with Crippen LogP contribution in [0.3, 0.4) is 0 Å². The Morgan fingerprint density at radius 3 is 2.54 bits per heavy atom. The van der Waals surface area contributed by atoms with Crippen LogP contribution in [0.4, 0.5) is 0 Å². The number of benzene rings is 2. The van der Waals surface area contributed by atoms with Crippen LogP contribution in [0, 0.1) is 6.92 Å². The van der Waals surface area contributed by atoms with Gasteiger partial charge in [0.25, 0.3) is 0 Å². The number of halogens is 1. The summed E-state index contributed by atoms with van der Waals surface area (Å²) in [4.78, 5) is 4.44. The molecule has 0 bridgehead atoms. The van der Waals surface area contributed by atoms with Crippen molar-refractivity contribution in [3.8, 4) is 23.0 Å². The first-order valence-corrected chi connectivity index (χ1v) is 10.1. The Bertz CT molecular complexity index is 1100. The number of hydrogen-bond acceptors (Lipinski definition) is 6. The third-order valence-electron chi connectivity index (χ3n) is 4.06. The largest absolute Gasteiger partial charge is 0.493 e. The number of nitrogens with zero attached hydrogens (tertiary/aromatic N) is 1. The molecule has 3 rings (SSSR count). The summed E-state index contributed by atoms with van der Waals surface area (Å²) in [6.07, 6.45) is 0. The molecule has 3 aromatic rings. The molecule has 0 unspecified atom stereocenters. The molecule has 0 spiro atoms. The van der Waals surface area contributed by atoms with Gasteiger partial charge in [-0.15, -0.1) is 0 Å². The van der Waals surface area contributed by atoms with Crippen molar-refractivity contribution in [3.05, 3.63) is 58.9 Å². The molecule has 0 atom stereocenters. The average molecular weight is 423 g/mol. The van der Waals surface area contributed by atoms with Gasteiger partial charge in [0.05, 0.1) is 31.4 Å². The van der Waals surface area contributed by atoms with Crippen LogP contribution in [0.5, 0.6) is 11.5 Å². The number of hydrogen-bond donors (Lipinski definition) is 1. The number of oxazole rings is 1. The molecular weight excluding hydrogens is 404 g/mol. The first-order valence-electron chi connectivity index (χ1n) is 8.28. The fraction of sp³-hybridized carbons (Fsp3) is 0.211. The molecule has 148 valence electrons. The Kier molecular flexibility index (Phi) is 5.93. The van der Waals surface area contributed by atoms with Gasteiger partial charge in [0.1, 0.15) is 5.76 Å². The van der Waals surface area contributed by atoms with Gasteiger partial charge in [0.2, 0.25) is 15.9 Å². The molecule has 0 amide bonds. The van der Waals surface area contributed by atoms with E-state index in [4.69, 9.17) is 25.5 Å². The Labute approximate surface area is 168 Å². The zero-order valence-corrected chi connectivity index (χ0v) is 17.1. The van der Waals surface area contributed by atoms with E-state index in [1.54, 1.807) is 25.1 Å². The summed E-state index contributed by atoms with van der Waals surface area (Å²) in [7, 11) is -0.860. The van der Waals surface area contributed by atoms with Crippen molar-refractivity contribution in [1.82, 2.24) is 9.71 Å². The number of ether oxygens (including phenoxy) is 2. The monoisotopic (exact) mass is 422 g/mol. The Morgan fingerprint density at radius 2 is 1.86 bits per heavy atom. The second kappa shape index (κ2) is 8.22. The summed E-state index contributed by atoms with van der Waals surface area (Å²) in [5, 5.41) is 0.559. The van der Waals surface area contributed by atoms with E-state index in [0.29, 0.717) is 39.4 Å². The van der Waals surface area contributed by atoms with Crippen molar-refractivity contribution >= 4 is 21.6 Å². The summed E-state index contributed by atoms with van der Waals surface area (Å²) in [6.45, 7) is 1.70. The first kappa shape index (κ1) is 20.2. The van der Waals surface area contributed by atoms with Gasteiger partial charge in [-0.1, -0.05) is 17.7 Å². The molecule has 1 N–H and O–H groups in total. The van der Waals surface area contributed by atoms with Crippen LogP contribution in [0.25, 0.3) is 11.5 Å². The molecule has 0 aliphatic rings. The fourth-order valence-corrected chi connectivity index (χ4v) is 3.76. The molecule has 7 nitrogen and oxygen atoms in total. The molecule has 1 heterocycles. The minimum absolute atomic E-state index is 0.0213. The maximum absolute atomic E-state index is 12.6. The van der Waals surface area contributed by atoms with Gasteiger partial charge in [0.15, 0.2) is 11.5 Å². The number of aryl methyl sites for hydroxylation is 1. The lowest BCUT2D eigenvalue weighted by Gasteiger charge is -2.10. The maximum atomic E-state index is 12.6. The van der Waals surface area contributed by atoms with Crippen LogP contribution < -0.4 is 14.2 Å². The molecule has 0 fully saturated rings. The summed E-state index contributed by atoms with van der Waals surface area (Å²) < 4.78 is 43.7. The minimum Gasteiger partial charge on any atom is -0.493 e. The summed E-state index contributed by atoms with van der Waals surface area (Å²) in [6, 6.07) is 11.5. The van der Waals surface area contributed by atoms with Crippen LogP contribution in [0.15, 0.2) is 51.8 Å². The number of rotatable bonds is 7. The predicted molar refractivity (Wildman–Crippen MR) is 105 cm³/mol. The maximum Gasteiger partial charge on any atom is 0.241 e. The molecule has 0 aliphatic carbocycles. The number of aromatic nitrogens is 1. The Balaban J connectivity index is 1.80. The van der Waals surface area contributed by atoms with Crippen LogP contribution in [-0.4, -0.2) is 27.6 Å². The number of nitrogens with one attached hydrogen (secondary N) is 1. The lowest BCUT2D eigenvalue weighted by Crippen LogP contribution is -2.23. The van der Waals surface area contributed by atoms with E-state index in [1.807, 2.05) is 6.07 Å². The van der Waals surface area contributed by atoms with Crippen molar-refractivity contribution < 1.29 is 22.3 Å². The van der Waals surface area contributed by atoms with Crippen LogP contribution in [-0.2, 0) is 16.6 Å². The van der Waals surface area contributed by atoms with Crippen molar-refractivity contribution in [2.75, 3.05) is 14.2 Å². The van der Waals surface area contributed by atoms with Crippen LogP contribution in [0.1, 0.15) is 11.5 Å². The predicted octanol–water partition coefficient (Wildman–Crippen LogP) is 3.80. The quantitative estimate of drug-likeness (QED) is 0.622. The van der Waals surface area contributed by atoms with Crippen LogP contribution >= 0.6 is 11.6 Å². The van der Waals surface area contributed by atoms with E-state index in [-0.39, 0.29) is 11.4 Å². The highest BCUT2D eigenvalue weighted by Crippen LogP contribution is 2.29. The lowest BCUT2D eigenvalue weighted by atomic mass is 10.2. The van der Waals surface area contributed by atoms with Crippen molar-refractivity contribution in [2.45, 2.75) is 18.4 Å². The van der Waals surface area contributed by atoms with Gasteiger partial charge in [-0.25, -0.2) is 18.1 Å². The standard InChI is InChI=1S/C19H19ClN2O5S/c1-12-16(22-19(27-12)13-5-4-6-14(20)9-13)11-21-28(23,24)15-7-8-17(25-2)18(10-15)26-3/h4-10,21H,11H2,1-3H3. The first-order chi connectivity index (χ1) is 13.3. The molecule has 1 aromatic heterocycles. The highest BCUT2D eigenvalue weighted by atomic mass is 35.5. The SMILES string of the molecule is COc1ccc(S(=O)(=O)NCc2nc(-c3cccc(Cl)c3)oc2C)cc1OC. The minimum atomic E-state index is -3.78. The van der Waals surface area contributed by atoms with Gasteiger partial charge in [-0.3, -0.25) is 0 Å². The normalized spacial score (nSPS) is 11.4. The Morgan fingerprint density at radius 1 is 1.11 bits per heavy atom.